The van der Waals surface area contributed by atoms with Gasteiger partial charge in [0.25, 0.3) is 0 Å². The number of hydrogen-bond donors (Lipinski definition) is 1. The van der Waals surface area contributed by atoms with Gasteiger partial charge in [-0.2, -0.15) is 0 Å². The molecule has 1 aliphatic carbocycles. The first-order valence-corrected chi connectivity index (χ1v) is 5.48. The van der Waals surface area contributed by atoms with Crippen LogP contribution in [0.1, 0.15) is 24.7 Å². The van der Waals surface area contributed by atoms with Crippen LogP contribution >= 0.6 is 11.6 Å². The summed E-state index contributed by atoms with van der Waals surface area (Å²) < 4.78 is 2.26. The molecule has 1 aromatic carbocycles. The van der Waals surface area contributed by atoms with E-state index in [1.165, 1.54) is 12.8 Å². The summed E-state index contributed by atoms with van der Waals surface area (Å²) in [5.74, 6) is 1.05. The van der Waals surface area contributed by atoms with Crippen molar-refractivity contribution in [3.8, 4) is 0 Å². The van der Waals surface area contributed by atoms with Crippen LogP contribution in [0.15, 0.2) is 12.1 Å². The van der Waals surface area contributed by atoms with Crippen LogP contribution in [0.3, 0.4) is 0 Å². The van der Waals surface area contributed by atoms with Crippen molar-refractivity contribution in [2.75, 3.05) is 5.73 Å². The minimum absolute atomic E-state index is 0.601. The molecule has 0 bridgehead atoms. The van der Waals surface area contributed by atoms with Crippen LogP contribution in [0.25, 0.3) is 11.0 Å². The predicted octanol–water partition coefficient (Wildman–Crippen LogP) is 2.92. The zero-order valence-corrected chi connectivity index (χ0v) is 9.25. The molecular weight excluding hydrogens is 210 g/mol. The number of imidazole rings is 1. The molecule has 0 saturated heterocycles. The molecule has 3 nitrogen and oxygen atoms in total. The number of aryl methyl sites for hydroxylation is 1. The van der Waals surface area contributed by atoms with E-state index >= 15 is 0 Å². The van der Waals surface area contributed by atoms with Crippen molar-refractivity contribution < 1.29 is 0 Å². The third kappa shape index (κ3) is 1.30. The molecule has 1 heterocycles. The second kappa shape index (κ2) is 2.89. The third-order valence-electron chi connectivity index (χ3n) is 2.90. The molecule has 1 aromatic heterocycles. The highest BCUT2D eigenvalue weighted by atomic mass is 35.5. The van der Waals surface area contributed by atoms with E-state index in [1.54, 1.807) is 0 Å². The summed E-state index contributed by atoms with van der Waals surface area (Å²) in [6.07, 6.45) is 2.49. The molecule has 15 heavy (non-hydrogen) atoms. The molecule has 78 valence electrons. The van der Waals surface area contributed by atoms with E-state index in [0.717, 1.165) is 16.9 Å². The quantitative estimate of drug-likeness (QED) is 0.753. The Morgan fingerprint density at radius 2 is 2.20 bits per heavy atom. The van der Waals surface area contributed by atoms with Gasteiger partial charge in [-0.3, -0.25) is 0 Å². The molecule has 0 amide bonds. The normalized spacial score (nSPS) is 16.1. The summed E-state index contributed by atoms with van der Waals surface area (Å²) in [5.41, 5.74) is 8.41. The lowest BCUT2D eigenvalue weighted by Crippen LogP contribution is -1.96. The van der Waals surface area contributed by atoms with Gasteiger partial charge in [-0.1, -0.05) is 11.6 Å². The zero-order valence-electron chi connectivity index (χ0n) is 8.50. The molecule has 4 heteroatoms. The smallest absolute Gasteiger partial charge is 0.106 e. The second-order valence-electron chi connectivity index (χ2n) is 4.12. The predicted molar refractivity (Wildman–Crippen MR) is 62.2 cm³/mol. The molecule has 2 N–H and O–H groups in total. The minimum atomic E-state index is 0.601. The van der Waals surface area contributed by atoms with Gasteiger partial charge in [0.15, 0.2) is 0 Å². The Bertz CT molecular complexity index is 540. The zero-order chi connectivity index (χ0) is 10.6. The number of nitrogens with zero attached hydrogens (tertiary/aromatic N) is 2. The highest BCUT2D eigenvalue weighted by molar-refractivity contribution is 6.33. The summed E-state index contributed by atoms with van der Waals surface area (Å²) >= 11 is 6.03. The van der Waals surface area contributed by atoms with Crippen LogP contribution in [-0.4, -0.2) is 9.55 Å². The highest BCUT2D eigenvalue weighted by Crippen LogP contribution is 2.39. The van der Waals surface area contributed by atoms with Gasteiger partial charge in [-0.15, -0.1) is 0 Å². The fourth-order valence-electron chi connectivity index (χ4n) is 2.05. The minimum Gasteiger partial charge on any atom is -0.397 e. The number of nitrogen functional groups attached to an aromatic ring is 1. The Balaban J connectivity index is 2.34. The van der Waals surface area contributed by atoms with Crippen molar-refractivity contribution in [1.29, 1.82) is 0 Å². The molecule has 0 spiro atoms. The van der Waals surface area contributed by atoms with Crippen LogP contribution in [-0.2, 0) is 0 Å². The van der Waals surface area contributed by atoms with Gasteiger partial charge in [0, 0.05) is 6.04 Å². The van der Waals surface area contributed by atoms with Gasteiger partial charge in [-0.25, -0.2) is 4.98 Å². The number of rotatable bonds is 1. The van der Waals surface area contributed by atoms with E-state index in [4.69, 9.17) is 17.3 Å². The Hall–Kier alpha value is -1.22. The Morgan fingerprint density at radius 1 is 1.47 bits per heavy atom. The number of anilines is 1. The first-order chi connectivity index (χ1) is 7.16. The molecule has 1 saturated carbocycles. The molecule has 0 unspecified atom stereocenters. The number of aromatic nitrogens is 2. The van der Waals surface area contributed by atoms with Crippen molar-refractivity contribution in [2.45, 2.75) is 25.8 Å². The second-order valence-corrected chi connectivity index (χ2v) is 4.53. The van der Waals surface area contributed by atoms with Gasteiger partial charge in [0.1, 0.15) is 5.82 Å². The first kappa shape index (κ1) is 9.04. The monoisotopic (exact) mass is 221 g/mol. The molecule has 1 aliphatic rings. The Kier molecular flexibility index (Phi) is 1.74. The number of halogens is 1. The van der Waals surface area contributed by atoms with Gasteiger partial charge >= 0.3 is 0 Å². The largest absolute Gasteiger partial charge is 0.397 e. The molecule has 0 radical (unpaired) electrons. The topological polar surface area (TPSA) is 43.8 Å². The van der Waals surface area contributed by atoms with Crippen LogP contribution in [0, 0.1) is 6.92 Å². The lowest BCUT2D eigenvalue weighted by molar-refractivity contribution is 0.734. The number of nitrogens with two attached hydrogens (primary N) is 1. The maximum atomic E-state index is 6.03. The van der Waals surface area contributed by atoms with Crippen LogP contribution < -0.4 is 5.73 Å². The lowest BCUT2D eigenvalue weighted by atomic mass is 10.3. The van der Waals surface area contributed by atoms with Crippen molar-refractivity contribution >= 4 is 28.3 Å². The van der Waals surface area contributed by atoms with E-state index < -0.39 is 0 Å². The first-order valence-electron chi connectivity index (χ1n) is 5.10. The Morgan fingerprint density at radius 3 is 2.87 bits per heavy atom. The maximum Gasteiger partial charge on any atom is 0.106 e. The number of benzene rings is 1. The summed E-state index contributed by atoms with van der Waals surface area (Å²) in [5, 5.41) is 0.615. The van der Waals surface area contributed by atoms with Gasteiger partial charge < -0.3 is 10.3 Å². The van der Waals surface area contributed by atoms with Crippen molar-refractivity contribution in [3.63, 3.8) is 0 Å². The van der Waals surface area contributed by atoms with Crippen molar-refractivity contribution in [3.05, 3.63) is 23.0 Å². The van der Waals surface area contributed by atoms with Gasteiger partial charge in [0.2, 0.25) is 0 Å². The van der Waals surface area contributed by atoms with Crippen molar-refractivity contribution in [2.24, 2.45) is 0 Å². The summed E-state index contributed by atoms with van der Waals surface area (Å²) in [7, 11) is 0. The Labute approximate surface area is 92.8 Å². The molecular formula is C11H12ClN3. The van der Waals surface area contributed by atoms with Crippen molar-refractivity contribution in [1.82, 2.24) is 9.55 Å². The van der Waals surface area contributed by atoms with E-state index in [9.17, 15) is 0 Å². The molecule has 1 fully saturated rings. The summed E-state index contributed by atoms with van der Waals surface area (Å²) in [6.45, 7) is 2.03. The van der Waals surface area contributed by atoms with Crippen LogP contribution in [0.5, 0.6) is 0 Å². The van der Waals surface area contributed by atoms with E-state index in [2.05, 4.69) is 9.55 Å². The van der Waals surface area contributed by atoms with E-state index in [1.807, 2.05) is 19.1 Å². The van der Waals surface area contributed by atoms with E-state index in [0.29, 0.717) is 16.8 Å². The van der Waals surface area contributed by atoms with Gasteiger partial charge in [0.05, 0.1) is 21.7 Å². The molecule has 0 atom stereocenters. The fraction of sp³-hybridized carbons (Fsp3) is 0.364. The molecule has 3 rings (SSSR count). The highest BCUT2D eigenvalue weighted by Gasteiger charge is 2.27. The fourth-order valence-corrected chi connectivity index (χ4v) is 2.20. The van der Waals surface area contributed by atoms with Crippen LogP contribution in [0.4, 0.5) is 5.69 Å². The molecule has 2 aromatic rings. The lowest BCUT2D eigenvalue weighted by Gasteiger charge is -2.04. The average molecular weight is 222 g/mol. The van der Waals surface area contributed by atoms with Crippen LogP contribution in [0.2, 0.25) is 5.02 Å². The average Bonchev–Trinajstić information content (AvgIpc) is 2.93. The SMILES string of the molecule is Cc1nc2cc(N)c(Cl)cc2n1C1CC1. The summed E-state index contributed by atoms with van der Waals surface area (Å²) in [6, 6.07) is 4.39. The van der Waals surface area contributed by atoms with Gasteiger partial charge in [-0.05, 0) is 31.9 Å². The number of fused-ring (bicyclic) bond motifs is 1. The summed E-state index contributed by atoms with van der Waals surface area (Å²) in [4.78, 5) is 4.50. The van der Waals surface area contributed by atoms with E-state index in [-0.39, 0.29) is 0 Å². The maximum absolute atomic E-state index is 6.03. The number of hydrogen-bond acceptors (Lipinski definition) is 2. The molecule has 0 aliphatic heterocycles. The standard InChI is InChI=1S/C11H12ClN3/c1-6-14-10-5-9(13)8(12)4-11(10)15(6)7-2-3-7/h4-5,7H,2-3,13H2,1H3. The third-order valence-corrected chi connectivity index (χ3v) is 3.22.